The smallest absolute Gasteiger partial charge is 0.139 e. The molecule has 0 spiro atoms. The van der Waals surface area contributed by atoms with E-state index in [9.17, 15) is 4.79 Å². The third-order valence-corrected chi connectivity index (χ3v) is 7.05. The van der Waals surface area contributed by atoms with Crippen LogP contribution in [0.1, 0.15) is 96.8 Å². The molecule has 2 atom stereocenters. The molecule has 0 aromatic carbocycles. The quantitative estimate of drug-likeness (QED) is 0.608. The second-order valence-corrected chi connectivity index (χ2v) is 8.75. The van der Waals surface area contributed by atoms with Crippen molar-refractivity contribution in [3.8, 4) is 0 Å². The lowest BCUT2D eigenvalue weighted by atomic mass is 9.67. The molecule has 3 aliphatic rings. The summed E-state index contributed by atoms with van der Waals surface area (Å²) >= 11 is 0. The Kier molecular flexibility index (Phi) is 5.99. The highest BCUT2D eigenvalue weighted by molar-refractivity contribution is 5.83. The van der Waals surface area contributed by atoms with E-state index in [1.54, 1.807) is 0 Å². The van der Waals surface area contributed by atoms with Crippen LogP contribution in [0.15, 0.2) is 0 Å². The number of carbonyl (C=O) groups is 1. The minimum Gasteiger partial charge on any atom is -0.299 e. The van der Waals surface area contributed by atoms with Crippen LogP contribution in [0.2, 0.25) is 0 Å². The molecule has 0 unspecified atom stereocenters. The molecule has 0 bridgehead atoms. The molecule has 1 nitrogen and oxygen atoms in total. The average molecular weight is 305 g/mol. The van der Waals surface area contributed by atoms with Crippen LogP contribution in [-0.4, -0.2) is 5.78 Å². The predicted molar refractivity (Wildman–Crippen MR) is 92.8 cm³/mol. The van der Waals surface area contributed by atoms with Gasteiger partial charge in [0, 0.05) is 11.8 Å². The maximum absolute atomic E-state index is 13.1. The highest BCUT2D eigenvalue weighted by Gasteiger charge is 2.36. The monoisotopic (exact) mass is 304 g/mol. The lowest BCUT2D eigenvalue weighted by Crippen LogP contribution is -2.34. The Balaban J connectivity index is 1.57. The lowest BCUT2D eigenvalue weighted by molar-refractivity contribution is -0.131. The summed E-state index contributed by atoms with van der Waals surface area (Å²) in [5, 5.41) is 0. The van der Waals surface area contributed by atoms with Crippen LogP contribution in [0.3, 0.4) is 0 Å². The van der Waals surface area contributed by atoms with E-state index in [-0.39, 0.29) is 0 Å². The Bertz CT molecular complexity index is 347. The summed E-state index contributed by atoms with van der Waals surface area (Å²) in [6, 6.07) is 0. The fraction of sp³-hybridized carbons (Fsp3) is 0.952. The highest BCUT2D eigenvalue weighted by Crippen LogP contribution is 2.41. The van der Waals surface area contributed by atoms with Crippen LogP contribution in [0.5, 0.6) is 0 Å². The zero-order valence-electron chi connectivity index (χ0n) is 14.7. The van der Waals surface area contributed by atoms with E-state index in [2.05, 4.69) is 6.92 Å². The van der Waals surface area contributed by atoms with Gasteiger partial charge in [0.2, 0.25) is 0 Å². The van der Waals surface area contributed by atoms with Crippen LogP contribution < -0.4 is 0 Å². The van der Waals surface area contributed by atoms with E-state index in [0.29, 0.717) is 17.6 Å². The van der Waals surface area contributed by atoms with Crippen molar-refractivity contribution >= 4 is 5.78 Å². The number of hydrogen-bond acceptors (Lipinski definition) is 1. The first-order valence-corrected chi connectivity index (χ1v) is 10.3. The Hall–Kier alpha value is -0.330. The zero-order valence-corrected chi connectivity index (χ0v) is 14.7. The predicted octanol–water partition coefficient (Wildman–Crippen LogP) is 6.16. The third-order valence-electron chi connectivity index (χ3n) is 7.05. The van der Waals surface area contributed by atoms with Gasteiger partial charge in [0.05, 0.1) is 0 Å². The molecular formula is C21H36O. The van der Waals surface area contributed by atoms with E-state index < -0.39 is 0 Å². The zero-order chi connectivity index (χ0) is 15.4. The number of Topliss-reactive ketones (excluding diaryl/α,β-unsaturated/α-hetero) is 1. The average Bonchev–Trinajstić information content (AvgIpc) is 2.56. The SMILES string of the molecule is CC1CCC(C(=O)[C@@H]2CCCC[C@H]2CC2CCCCC2)CC1. The van der Waals surface area contributed by atoms with Gasteiger partial charge in [-0.1, -0.05) is 64.7 Å². The molecule has 3 saturated carbocycles. The Labute approximate surface area is 137 Å². The Morgan fingerprint density at radius 2 is 1.41 bits per heavy atom. The van der Waals surface area contributed by atoms with Crippen molar-refractivity contribution in [3.63, 3.8) is 0 Å². The van der Waals surface area contributed by atoms with Crippen molar-refractivity contribution in [2.45, 2.75) is 96.8 Å². The molecule has 1 heteroatoms. The van der Waals surface area contributed by atoms with E-state index in [0.717, 1.165) is 17.8 Å². The van der Waals surface area contributed by atoms with Gasteiger partial charge in [0.15, 0.2) is 0 Å². The highest BCUT2D eigenvalue weighted by atomic mass is 16.1. The lowest BCUT2D eigenvalue weighted by Gasteiger charge is -2.37. The summed E-state index contributed by atoms with van der Waals surface area (Å²) in [6.45, 7) is 2.35. The summed E-state index contributed by atoms with van der Waals surface area (Å²) in [5.41, 5.74) is 0. The summed E-state index contributed by atoms with van der Waals surface area (Å²) in [5.74, 6) is 4.09. The van der Waals surface area contributed by atoms with Gasteiger partial charge < -0.3 is 0 Å². The van der Waals surface area contributed by atoms with Crippen molar-refractivity contribution in [2.24, 2.45) is 29.6 Å². The van der Waals surface area contributed by atoms with Gasteiger partial charge in [-0.2, -0.15) is 0 Å². The molecular weight excluding hydrogens is 268 g/mol. The normalized spacial score (nSPS) is 37.9. The van der Waals surface area contributed by atoms with Gasteiger partial charge in [-0.05, 0) is 49.9 Å². The van der Waals surface area contributed by atoms with Gasteiger partial charge in [-0.25, -0.2) is 0 Å². The maximum atomic E-state index is 13.1. The molecule has 0 saturated heterocycles. The molecule has 3 fully saturated rings. The molecule has 3 rings (SSSR count). The van der Waals surface area contributed by atoms with Gasteiger partial charge in [0.1, 0.15) is 5.78 Å². The minimum absolute atomic E-state index is 0.424. The van der Waals surface area contributed by atoms with Gasteiger partial charge in [0.25, 0.3) is 0 Å². The van der Waals surface area contributed by atoms with Crippen LogP contribution in [0.4, 0.5) is 0 Å². The van der Waals surface area contributed by atoms with Crippen LogP contribution in [0, 0.1) is 29.6 Å². The summed E-state index contributed by atoms with van der Waals surface area (Å²) in [6.07, 6.45) is 18.8. The van der Waals surface area contributed by atoms with E-state index >= 15 is 0 Å². The fourth-order valence-electron chi connectivity index (χ4n) is 5.56. The summed E-state index contributed by atoms with van der Waals surface area (Å²) in [7, 11) is 0. The van der Waals surface area contributed by atoms with E-state index in [4.69, 9.17) is 0 Å². The number of hydrogen-bond donors (Lipinski definition) is 0. The molecule has 3 aliphatic carbocycles. The molecule has 0 radical (unpaired) electrons. The second-order valence-electron chi connectivity index (χ2n) is 8.75. The molecule has 0 aromatic heterocycles. The van der Waals surface area contributed by atoms with Crippen LogP contribution in [0.25, 0.3) is 0 Å². The molecule has 0 amide bonds. The minimum atomic E-state index is 0.424. The van der Waals surface area contributed by atoms with Crippen molar-refractivity contribution in [1.29, 1.82) is 0 Å². The molecule has 126 valence electrons. The molecule has 0 aromatic rings. The number of rotatable bonds is 4. The molecule has 22 heavy (non-hydrogen) atoms. The van der Waals surface area contributed by atoms with Gasteiger partial charge >= 0.3 is 0 Å². The standard InChI is InChI=1S/C21H36O/c1-16-11-13-18(14-12-16)21(22)20-10-6-5-9-19(20)15-17-7-3-2-4-8-17/h16-20H,2-15H2,1H3/t16?,18?,19-,20+/m0/s1. The largest absolute Gasteiger partial charge is 0.299 e. The third kappa shape index (κ3) is 4.15. The Morgan fingerprint density at radius 1 is 0.773 bits per heavy atom. The van der Waals surface area contributed by atoms with Crippen molar-refractivity contribution in [3.05, 3.63) is 0 Å². The van der Waals surface area contributed by atoms with Crippen molar-refractivity contribution in [2.75, 3.05) is 0 Å². The molecule has 0 aliphatic heterocycles. The number of ketones is 1. The number of carbonyl (C=O) groups excluding carboxylic acids is 1. The first kappa shape index (κ1) is 16.5. The van der Waals surface area contributed by atoms with Crippen LogP contribution >= 0.6 is 0 Å². The maximum Gasteiger partial charge on any atom is 0.139 e. The van der Waals surface area contributed by atoms with Crippen molar-refractivity contribution in [1.82, 2.24) is 0 Å². The fourth-order valence-corrected chi connectivity index (χ4v) is 5.56. The molecule has 0 N–H and O–H groups in total. The molecule has 0 heterocycles. The Morgan fingerprint density at radius 3 is 2.14 bits per heavy atom. The van der Waals surface area contributed by atoms with E-state index in [1.807, 2.05) is 0 Å². The van der Waals surface area contributed by atoms with Crippen LogP contribution in [-0.2, 0) is 4.79 Å². The second kappa shape index (κ2) is 7.97. The first-order valence-electron chi connectivity index (χ1n) is 10.3. The van der Waals surface area contributed by atoms with E-state index in [1.165, 1.54) is 89.9 Å². The topological polar surface area (TPSA) is 17.1 Å². The first-order chi connectivity index (χ1) is 10.7. The van der Waals surface area contributed by atoms with Gasteiger partial charge in [-0.3, -0.25) is 4.79 Å². The van der Waals surface area contributed by atoms with Crippen molar-refractivity contribution < 1.29 is 4.79 Å². The summed E-state index contributed by atoms with van der Waals surface area (Å²) < 4.78 is 0. The van der Waals surface area contributed by atoms with Gasteiger partial charge in [-0.15, -0.1) is 0 Å². The summed E-state index contributed by atoms with van der Waals surface area (Å²) in [4.78, 5) is 13.1.